The van der Waals surface area contributed by atoms with Crippen LogP contribution in [-0.4, -0.2) is 27.9 Å². The van der Waals surface area contributed by atoms with Crippen LogP contribution in [0, 0.1) is 0 Å². The lowest BCUT2D eigenvalue weighted by Crippen LogP contribution is -2.23. The van der Waals surface area contributed by atoms with Gasteiger partial charge in [0.1, 0.15) is 16.3 Å². The van der Waals surface area contributed by atoms with Crippen molar-refractivity contribution in [1.29, 1.82) is 0 Å². The standard InChI is InChI=1S/C20H20N4O3S/c1-13(2)27-15-5-3-14(4-6-15)11-23-20(26)18-16(7-10-28-18)24-19(25)17-12-21-8-9-22-17/h3-10,12-13H,11H2,1-2H3,(H,23,26)(H,24,25). The highest BCUT2D eigenvalue weighted by Crippen LogP contribution is 2.23. The molecule has 0 saturated carbocycles. The first kappa shape index (κ1) is 19.5. The van der Waals surface area contributed by atoms with Crippen molar-refractivity contribution in [2.75, 3.05) is 5.32 Å². The third-order valence-corrected chi connectivity index (χ3v) is 4.58. The van der Waals surface area contributed by atoms with Crippen molar-refractivity contribution in [1.82, 2.24) is 15.3 Å². The number of benzene rings is 1. The van der Waals surface area contributed by atoms with Crippen LogP contribution in [0.25, 0.3) is 0 Å². The van der Waals surface area contributed by atoms with Crippen LogP contribution in [-0.2, 0) is 6.54 Å². The molecule has 3 aromatic rings. The lowest BCUT2D eigenvalue weighted by Gasteiger charge is -2.11. The molecule has 1 aromatic carbocycles. The van der Waals surface area contributed by atoms with Gasteiger partial charge < -0.3 is 15.4 Å². The molecule has 3 rings (SSSR count). The van der Waals surface area contributed by atoms with E-state index in [2.05, 4.69) is 20.6 Å². The first-order chi connectivity index (χ1) is 13.5. The first-order valence-electron chi connectivity index (χ1n) is 8.71. The molecule has 0 spiro atoms. The van der Waals surface area contributed by atoms with Crippen LogP contribution >= 0.6 is 11.3 Å². The van der Waals surface area contributed by atoms with Gasteiger partial charge in [-0.15, -0.1) is 11.3 Å². The molecular formula is C20H20N4O3S. The van der Waals surface area contributed by atoms with Crippen molar-refractivity contribution < 1.29 is 14.3 Å². The second-order valence-corrected chi connectivity index (χ2v) is 7.12. The Morgan fingerprint density at radius 2 is 1.89 bits per heavy atom. The Morgan fingerprint density at radius 1 is 1.11 bits per heavy atom. The van der Waals surface area contributed by atoms with E-state index in [9.17, 15) is 9.59 Å². The minimum atomic E-state index is -0.415. The third-order valence-electron chi connectivity index (χ3n) is 3.66. The molecule has 0 unspecified atom stereocenters. The van der Waals surface area contributed by atoms with E-state index in [1.54, 1.807) is 11.4 Å². The minimum Gasteiger partial charge on any atom is -0.491 e. The van der Waals surface area contributed by atoms with Gasteiger partial charge in [-0.1, -0.05) is 12.1 Å². The van der Waals surface area contributed by atoms with Crippen LogP contribution in [0.1, 0.15) is 39.6 Å². The maximum atomic E-state index is 12.5. The summed E-state index contributed by atoms with van der Waals surface area (Å²) in [7, 11) is 0. The van der Waals surface area contributed by atoms with Gasteiger partial charge in [-0.05, 0) is 43.0 Å². The lowest BCUT2D eigenvalue weighted by molar-refractivity contribution is 0.0955. The molecule has 8 heteroatoms. The molecule has 0 saturated heterocycles. The number of nitrogens with zero attached hydrogens (tertiary/aromatic N) is 2. The van der Waals surface area contributed by atoms with Crippen LogP contribution in [0.2, 0.25) is 0 Å². The molecular weight excluding hydrogens is 376 g/mol. The Kier molecular flexibility index (Phi) is 6.33. The summed E-state index contributed by atoms with van der Waals surface area (Å²) in [4.78, 5) is 33.0. The van der Waals surface area contributed by atoms with Crippen molar-refractivity contribution in [3.05, 3.63) is 70.4 Å². The van der Waals surface area contributed by atoms with E-state index in [0.717, 1.165) is 11.3 Å². The topological polar surface area (TPSA) is 93.2 Å². The SMILES string of the molecule is CC(C)Oc1ccc(CNC(=O)c2sccc2NC(=O)c2cnccn2)cc1. The predicted molar refractivity (Wildman–Crippen MR) is 108 cm³/mol. The highest BCUT2D eigenvalue weighted by atomic mass is 32.1. The molecule has 0 fully saturated rings. The highest BCUT2D eigenvalue weighted by Gasteiger charge is 2.16. The average molecular weight is 396 g/mol. The molecule has 0 atom stereocenters. The van der Waals surface area contributed by atoms with Crippen LogP contribution in [0.5, 0.6) is 5.75 Å². The minimum absolute atomic E-state index is 0.111. The Hall–Kier alpha value is -3.26. The number of ether oxygens (including phenoxy) is 1. The van der Waals surface area contributed by atoms with E-state index in [1.807, 2.05) is 38.1 Å². The summed E-state index contributed by atoms with van der Waals surface area (Å²) in [6.45, 7) is 4.31. The zero-order valence-corrected chi connectivity index (χ0v) is 16.3. The van der Waals surface area contributed by atoms with Gasteiger partial charge in [0.15, 0.2) is 0 Å². The fourth-order valence-electron chi connectivity index (χ4n) is 2.41. The number of thiophene rings is 1. The molecule has 0 bridgehead atoms. The van der Waals surface area contributed by atoms with E-state index in [1.165, 1.54) is 29.9 Å². The fourth-order valence-corrected chi connectivity index (χ4v) is 3.17. The maximum absolute atomic E-state index is 12.5. The second-order valence-electron chi connectivity index (χ2n) is 6.20. The molecule has 0 aliphatic heterocycles. The first-order valence-corrected chi connectivity index (χ1v) is 9.59. The highest BCUT2D eigenvalue weighted by molar-refractivity contribution is 7.12. The van der Waals surface area contributed by atoms with Gasteiger partial charge in [-0.25, -0.2) is 4.98 Å². The lowest BCUT2D eigenvalue weighted by atomic mass is 10.2. The van der Waals surface area contributed by atoms with E-state index >= 15 is 0 Å². The maximum Gasteiger partial charge on any atom is 0.275 e. The number of carbonyl (C=O) groups excluding carboxylic acids is 2. The molecule has 2 heterocycles. The molecule has 2 N–H and O–H groups in total. The summed E-state index contributed by atoms with van der Waals surface area (Å²) in [6, 6.07) is 9.25. The van der Waals surface area contributed by atoms with E-state index in [-0.39, 0.29) is 17.7 Å². The van der Waals surface area contributed by atoms with Gasteiger partial charge in [0, 0.05) is 18.9 Å². The Bertz CT molecular complexity index is 940. The molecule has 2 amide bonds. The number of anilines is 1. The van der Waals surface area contributed by atoms with Gasteiger partial charge in [0.25, 0.3) is 11.8 Å². The van der Waals surface area contributed by atoms with Gasteiger partial charge in [-0.3, -0.25) is 14.6 Å². The van der Waals surface area contributed by atoms with Crippen LogP contribution < -0.4 is 15.4 Å². The number of nitrogens with one attached hydrogen (secondary N) is 2. The molecule has 7 nitrogen and oxygen atoms in total. The summed E-state index contributed by atoms with van der Waals surface area (Å²) in [6.07, 6.45) is 4.41. The Labute approximate surface area is 166 Å². The van der Waals surface area contributed by atoms with Crippen molar-refractivity contribution in [3.63, 3.8) is 0 Å². The summed E-state index contributed by atoms with van der Waals surface area (Å²) < 4.78 is 5.61. The number of aromatic nitrogens is 2. The molecule has 2 aromatic heterocycles. The van der Waals surface area contributed by atoms with E-state index in [0.29, 0.717) is 17.1 Å². The monoisotopic (exact) mass is 396 g/mol. The number of amides is 2. The van der Waals surface area contributed by atoms with Gasteiger partial charge in [0.2, 0.25) is 0 Å². The summed E-state index contributed by atoms with van der Waals surface area (Å²) >= 11 is 1.26. The van der Waals surface area contributed by atoms with Crippen LogP contribution in [0.15, 0.2) is 54.3 Å². The summed E-state index contributed by atoms with van der Waals surface area (Å²) in [5.41, 5.74) is 1.58. The van der Waals surface area contributed by atoms with Crippen LogP contribution in [0.3, 0.4) is 0 Å². The van der Waals surface area contributed by atoms with Gasteiger partial charge in [0.05, 0.1) is 18.0 Å². The normalized spacial score (nSPS) is 10.5. The largest absolute Gasteiger partial charge is 0.491 e. The van der Waals surface area contributed by atoms with Gasteiger partial charge in [-0.2, -0.15) is 0 Å². The summed E-state index contributed by atoms with van der Waals surface area (Å²) in [5.74, 6) is 0.116. The fraction of sp³-hybridized carbons (Fsp3) is 0.200. The Balaban J connectivity index is 1.59. The molecule has 0 radical (unpaired) electrons. The van der Waals surface area contributed by atoms with Crippen molar-refractivity contribution >= 4 is 28.8 Å². The summed E-state index contributed by atoms with van der Waals surface area (Å²) in [5, 5.41) is 7.32. The number of carbonyl (C=O) groups is 2. The van der Waals surface area contributed by atoms with Crippen molar-refractivity contribution in [2.24, 2.45) is 0 Å². The predicted octanol–water partition coefficient (Wildman–Crippen LogP) is 3.51. The molecule has 0 aliphatic rings. The molecule has 144 valence electrons. The van der Waals surface area contributed by atoms with Crippen molar-refractivity contribution in [2.45, 2.75) is 26.5 Å². The smallest absolute Gasteiger partial charge is 0.275 e. The third kappa shape index (κ3) is 5.14. The Morgan fingerprint density at radius 3 is 2.57 bits per heavy atom. The number of hydrogen-bond donors (Lipinski definition) is 2. The molecule has 28 heavy (non-hydrogen) atoms. The average Bonchev–Trinajstić information content (AvgIpc) is 3.15. The van der Waals surface area contributed by atoms with Crippen LogP contribution in [0.4, 0.5) is 5.69 Å². The zero-order chi connectivity index (χ0) is 19.9. The molecule has 0 aliphatic carbocycles. The van der Waals surface area contributed by atoms with Crippen molar-refractivity contribution in [3.8, 4) is 5.75 Å². The quantitative estimate of drug-likeness (QED) is 0.637. The zero-order valence-electron chi connectivity index (χ0n) is 15.5. The van der Waals surface area contributed by atoms with E-state index in [4.69, 9.17) is 4.74 Å². The number of hydrogen-bond acceptors (Lipinski definition) is 6. The second kappa shape index (κ2) is 9.09. The number of rotatable bonds is 7. The van der Waals surface area contributed by atoms with E-state index < -0.39 is 5.91 Å². The van der Waals surface area contributed by atoms with Gasteiger partial charge >= 0.3 is 0 Å².